The van der Waals surface area contributed by atoms with Crippen LogP contribution in [0.1, 0.15) is 29.5 Å². The SMILES string of the molecule is CCCc1cccc2nc(C(=O)Nc3nc4ccc(-c5cccc(OC(F)(F)F)c5)cc4[nH]3)cn12. The average molecular weight is 479 g/mol. The number of hydrogen-bond acceptors (Lipinski definition) is 4. The molecule has 0 radical (unpaired) electrons. The van der Waals surface area contributed by atoms with Gasteiger partial charge in [0.1, 0.15) is 17.1 Å². The van der Waals surface area contributed by atoms with Gasteiger partial charge in [-0.1, -0.05) is 37.6 Å². The number of fused-ring (bicyclic) bond motifs is 2. The maximum atomic E-state index is 12.8. The van der Waals surface area contributed by atoms with Crippen molar-refractivity contribution in [3.8, 4) is 16.9 Å². The van der Waals surface area contributed by atoms with Crippen molar-refractivity contribution < 1.29 is 22.7 Å². The number of benzene rings is 2. The molecule has 2 aromatic carbocycles. The van der Waals surface area contributed by atoms with E-state index < -0.39 is 12.3 Å². The number of imidazole rings is 2. The maximum Gasteiger partial charge on any atom is 0.573 e. The number of ether oxygens (including phenoxy) is 1. The van der Waals surface area contributed by atoms with Crippen molar-refractivity contribution in [3.63, 3.8) is 0 Å². The zero-order chi connectivity index (χ0) is 24.6. The van der Waals surface area contributed by atoms with Crippen LogP contribution in [0.3, 0.4) is 0 Å². The molecule has 0 aliphatic heterocycles. The standard InChI is InChI=1S/C25H20F3N5O2/c1-2-5-17-7-4-9-22-29-21(14-33(17)22)23(34)32-24-30-19-11-10-16(13-20(19)31-24)15-6-3-8-18(12-15)35-25(26,27)28/h3-4,6-14H,2,5H2,1H3,(H2,30,31,32,34). The third-order valence-corrected chi connectivity index (χ3v) is 5.43. The molecule has 2 N–H and O–H groups in total. The van der Waals surface area contributed by atoms with Gasteiger partial charge in [0, 0.05) is 11.9 Å². The normalized spacial score (nSPS) is 11.8. The van der Waals surface area contributed by atoms with E-state index in [0.29, 0.717) is 27.8 Å². The second-order valence-corrected chi connectivity index (χ2v) is 7.97. The van der Waals surface area contributed by atoms with E-state index in [2.05, 4.69) is 31.9 Å². The van der Waals surface area contributed by atoms with Crippen LogP contribution in [0.2, 0.25) is 0 Å². The molecule has 10 heteroatoms. The smallest absolute Gasteiger partial charge is 0.406 e. The van der Waals surface area contributed by atoms with E-state index in [-0.39, 0.29) is 17.4 Å². The van der Waals surface area contributed by atoms with Crippen molar-refractivity contribution in [3.05, 3.63) is 78.2 Å². The zero-order valence-corrected chi connectivity index (χ0v) is 18.6. The number of rotatable bonds is 6. The van der Waals surface area contributed by atoms with Crippen LogP contribution in [0.5, 0.6) is 5.75 Å². The lowest BCUT2D eigenvalue weighted by atomic mass is 10.0. The van der Waals surface area contributed by atoms with Crippen LogP contribution in [0.4, 0.5) is 19.1 Å². The summed E-state index contributed by atoms with van der Waals surface area (Å²) in [7, 11) is 0. The molecule has 0 fully saturated rings. The third-order valence-electron chi connectivity index (χ3n) is 5.43. The highest BCUT2D eigenvalue weighted by atomic mass is 19.4. The van der Waals surface area contributed by atoms with E-state index in [0.717, 1.165) is 18.5 Å². The largest absolute Gasteiger partial charge is 0.573 e. The molecule has 0 bridgehead atoms. The number of anilines is 1. The molecular formula is C25H20F3N5O2. The summed E-state index contributed by atoms with van der Waals surface area (Å²) in [6, 6.07) is 16.7. The topological polar surface area (TPSA) is 84.3 Å². The number of H-pyrrole nitrogens is 1. The lowest BCUT2D eigenvalue weighted by Crippen LogP contribution is -2.17. The molecular weight excluding hydrogens is 459 g/mol. The Kier molecular flexibility index (Phi) is 5.64. The summed E-state index contributed by atoms with van der Waals surface area (Å²) < 4.78 is 43.6. The van der Waals surface area contributed by atoms with E-state index in [1.165, 1.54) is 18.2 Å². The van der Waals surface area contributed by atoms with Gasteiger partial charge in [-0.05, 0) is 53.9 Å². The van der Waals surface area contributed by atoms with Crippen LogP contribution in [0, 0.1) is 0 Å². The molecule has 7 nitrogen and oxygen atoms in total. The number of aromatic amines is 1. The van der Waals surface area contributed by atoms with Crippen molar-refractivity contribution in [2.75, 3.05) is 5.32 Å². The quantitative estimate of drug-likeness (QED) is 0.314. The minimum absolute atomic E-state index is 0.238. The first-order valence-corrected chi connectivity index (χ1v) is 10.9. The summed E-state index contributed by atoms with van der Waals surface area (Å²) in [5, 5.41) is 2.73. The predicted octanol–water partition coefficient (Wildman–Crippen LogP) is 5.98. The molecule has 178 valence electrons. The molecule has 0 saturated heterocycles. The van der Waals surface area contributed by atoms with Crippen molar-refractivity contribution in [2.45, 2.75) is 26.1 Å². The molecule has 3 aromatic heterocycles. The third kappa shape index (κ3) is 4.81. The summed E-state index contributed by atoms with van der Waals surface area (Å²) >= 11 is 0. The lowest BCUT2D eigenvalue weighted by molar-refractivity contribution is -0.274. The Hall–Kier alpha value is -4.34. The molecule has 0 aliphatic carbocycles. The highest BCUT2D eigenvalue weighted by Crippen LogP contribution is 2.29. The first-order valence-electron chi connectivity index (χ1n) is 10.9. The van der Waals surface area contributed by atoms with Crippen LogP contribution < -0.4 is 10.1 Å². The molecule has 5 aromatic rings. The number of aryl methyl sites for hydroxylation is 1. The molecule has 0 atom stereocenters. The van der Waals surface area contributed by atoms with E-state index in [1.807, 2.05) is 22.6 Å². The highest BCUT2D eigenvalue weighted by Gasteiger charge is 2.31. The fraction of sp³-hybridized carbons (Fsp3) is 0.160. The Morgan fingerprint density at radius 3 is 2.66 bits per heavy atom. The first kappa shape index (κ1) is 22.5. The Morgan fingerprint density at radius 2 is 1.86 bits per heavy atom. The van der Waals surface area contributed by atoms with Crippen LogP contribution in [-0.4, -0.2) is 31.6 Å². The molecule has 3 heterocycles. The van der Waals surface area contributed by atoms with Crippen LogP contribution in [0.25, 0.3) is 27.8 Å². The zero-order valence-electron chi connectivity index (χ0n) is 18.6. The minimum Gasteiger partial charge on any atom is -0.406 e. The van der Waals surface area contributed by atoms with E-state index >= 15 is 0 Å². The molecule has 5 rings (SSSR count). The van der Waals surface area contributed by atoms with Gasteiger partial charge in [0.2, 0.25) is 5.95 Å². The fourth-order valence-electron chi connectivity index (χ4n) is 3.93. The Morgan fingerprint density at radius 1 is 1.06 bits per heavy atom. The summed E-state index contributed by atoms with van der Waals surface area (Å²) in [6.07, 6.45) is -1.23. The van der Waals surface area contributed by atoms with Crippen LogP contribution in [-0.2, 0) is 6.42 Å². The Labute approximate surface area is 197 Å². The second-order valence-electron chi connectivity index (χ2n) is 7.97. The second kappa shape index (κ2) is 8.79. The number of carbonyl (C=O) groups excluding carboxylic acids is 1. The lowest BCUT2D eigenvalue weighted by Gasteiger charge is -2.10. The first-order chi connectivity index (χ1) is 16.8. The number of halogens is 3. The minimum atomic E-state index is -4.77. The van der Waals surface area contributed by atoms with Gasteiger partial charge in [-0.2, -0.15) is 0 Å². The number of nitrogens with one attached hydrogen (secondary N) is 2. The van der Waals surface area contributed by atoms with Gasteiger partial charge >= 0.3 is 6.36 Å². The van der Waals surface area contributed by atoms with Crippen LogP contribution >= 0.6 is 0 Å². The van der Waals surface area contributed by atoms with E-state index in [9.17, 15) is 18.0 Å². The van der Waals surface area contributed by atoms with Crippen molar-refractivity contribution in [1.82, 2.24) is 19.4 Å². The summed E-state index contributed by atoms with van der Waals surface area (Å²) in [5.74, 6) is -0.475. The summed E-state index contributed by atoms with van der Waals surface area (Å²) in [6.45, 7) is 2.09. The molecule has 0 unspecified atom stereocenters. The van der Waals surface area contributed by atoms with Gasteiger partial charge < -0.3 is 14.1 Å². The predicted molar refractivity (Wildman–Crippen MR) is 125 cm³/mol. The van der Waals surface area contributed by atoms with Gasteiger partial charge in [-0.25, -0.2) is 9.97 Å². The Bertz CT molecular complexity index is 1540. The number of hydrogen-bond donors (Lipinski definition) is 2. The average Bonchev–Trinajstić information content (AvgIpc) is 3.42. The van der Waals surface area contributed by atoms with Gasteiger partial charge in [0.25, 0.3) is 5.91 Å². The molecule has 0 saturated carbocycles. The molecule has 0 aliphatic rings. The fourth-order valence-corrected chi connectivity index (χ4v) is 3.93. The number of alkyl halides is 3. The number of amides is 1. The summed E-state index contributed by atoms with van der Waals surface area (Å²) in [5.41, 5.74) is 4.42. The van der Waals surface area contributed by atoms with Crippen molar-refractivity contribution in [2.24, 2.45) is 0 Å². The molecule has 1 amide bonds. The monoisotopic (exact) mass is 479 g/mol. The van der Waals surface area contributed by atoms with Crippen LogP contribution in [0.15, 0.2) is 66.9 Å². The Balaban J connectivity index is 1.38. The van der Waals surface area contributed by atoms with Crippen molar-refractivity contribution >= 4 is 28.5 Å². The maximum absolute atomic E-state index is 12.8. The molecule has 0 spiro atoms. The summed E-state index contributed by atoms with van der Waals surface area (Å²) in [4.78, 5) is 24.6. The molecule has 35 heavy (non-hydrogen) atoms. The van der Waals surface area contributed by atoms with E-state index in [1.54, 1.807) is 30.5 Å². The highest BCUT2D eigenvalue weighted by molar-refractivity contribution is 6.03. The number of pyridine rings is 1. The van der Waals surface area contributed by atoms with Gasteiger partial charge in [-0.3, -0.25) is 10.1 Å². The number of aromatic nitrogens is 4. The van der Waals surface area contributed by atoms with Crippen molar-refractivity contribution in [1.29, 1.82) is 0 Å². The van der Waals surface area contributed by atoms with Gasteiger partial charge in [0.05, 0.1) is 11.0 Å². The number of nitrogens with zero attached hydrogens (tertiary/aromatic N) is 3. The number of carbonyl (C=O) groups is 1. The van der Waals surface area contributed by atoms with E-state index in [4.69, 9.17) is 0 Å². The van der Waals surface area contributed by atoms with Gasteiger partial charge in [-0.15, -0.1) is 13.2 Å². The van der Waals surface area contributed by atoms with Gasteiger partial charge in [0.15, 0.2) is 0 Å².